The first kappa shape index (κ1) is 22.0. The van der Waals surface area contributed by atoms with Crippen molar-refractivity contribution in [2.45, 2.75) is 57.0 Å². The molecule has 0 aromatic heterocycles. The van der Waals surface area contributed by atoms with Crippen molar-refractivity contribution in [2.75, 3.05) is 13.1 Å². The lowest BCUT2D eigenvalue weighted by Gasteiger charge is -2.28. The number of fused-ring (bicyclic) bond motifs is 1. The van der Waals surface area contributed by atoms with Crippen LogP contribution in [0.5, 0.6) is 5.75 Å². The van der Waals surface area contributed by atoms with Crippen molar-refractivity contribution in [1.82, 2.24) is 10.6 Å². The number of carbonyl (C=O) groups is 1. The molecular formula is C18H29Cl2N3O2. The third-order valence-electron chi connectivity index (χ3n) is 5.29. The number of hydrogen-bond acceptors (Lipinski definition) is 4. The summed E-state index contributed by atoms with van der Waals surface area (Å²) in [6, 6.07) is 3.91. The molecule has 2 unspecified atom stereocenters. The van der Waals surface area contributed by atoms with E-state index in [-0.39, 0.29) is 42.5 Å². The summed E-state index contributed by atoms with van der Waals surface area (Å²) in [4.78, 5) is 12.2. The second kappa shape index (κ2) is 9.08. The number of aryl methyl sites for hydroxylation is 1. The number of phenols is 1. The summed E-state index contributed by atoms with van der Waals surface area (Å²) in [7, 11) is 0. The summed E-state index contributed by atoms with van der Waals surface area (Å²) < 4.78 is 0. The number of nitrogens with two attached hydrogens (primary N) is 1. The summed E-state index contributed by atoms with van der Waals surface area (Å²) in [5.74, 6) is 0.281. The Kier molecular flexibility index (Phi) is 8.00. The molecule has 1 aliphatic carbocycles. The molecule has 2 aliphatic rings. The first-order chi connectivity index (χ1) is 11.0. The minimum atomic E-state index is -0.666. The Bertz CT molecular complexity index is 606. The van der Waals surface area contributed by atoms with Crippen LogP contribution in [0.2, 0.25) is 0 Å². The van der Waals surface area contributed by atoms with Crippen LogP contribution in [0.1, 0.15) is 48.8 Å². The predicted molar refractivity (Wildman–Crippen MR) is 105 cm³/mol. The van der Waals surface area contributed by atoms with Crippen molar-refractivity contribution in [2.24, 2.45) is 5.73 Å². The van der Waals surface area contributed by atoms with Gasteiger partial charge in [0.1, 0.15) is 5.75 Å². The molecule has 3 rings (SSSR count). The van der Waals surface area contributed by atoms with Gasteiger partial charge in [0.15, 0.2) is 0 Å². The van der Waals surface area contributed by atoms with Gasteiger partial charge in [-0.15, -0.1) is 24.8 Å². The van der Waals surface area contributed by atoms with E-state index in [1.54, 1.807) is 6.07 Å². The third kappa shape index (κ3) is 4.79. The van der Waals surface area contributed by atoms with Gasteiger partial charge >= 0.3 is 0 Å². The van der Waals surface area contributed by atoms with Gasteiger partial charge in [-0.3, -0.25) is 4.79 Å². The van der Waals surface area contributed by atoms with E-state index in [1.165, 1.54) is 12.8 Å². The van der Waals surface area contributed by atoms with Gasteiger partial charge in [-0.05, 0) is 56.3 Å². The first-order valence-electron chi connectivity index (χ1n) is 8.60. The van der Waals surface area contributed by atoms with Gasteiger partial charge in [-0.25, -0.2) is 0 Å². The van der Waals surface area contributed by atoms with E-state index in [1.807, 2.05) is 13.0 Å². The Morgan fingerprint density at radius 2 is 2.16 bits per heavy atom. The van der Waals surface area contributed by atoms with E-state index in [2.05, 4.69) is 10.6 Å². The standard InChI is InChI=1S/C18H27N3O2.2ClH/c1-12-5-6-15(22)17-14(12)7-8-18(17,19)11-21-16(23)10-13-4-2-3-9-20-13;;/h5-6,13,20,22H,2-4,7-11,19H2,1H3,(H,21,23);2*1H. The topological polar surface area (TPSA) is 87.4 Å². The molecule has 1 amide bonds. The zero-order valence-electron chi connectivity index (χ0n) is 14.6. The minimum Gasteiger partial charge on any atom is -0.508 e. The lowest BCUT2D eigenvalue weighted by molar-refractivity contribution is -0.122. The molecule has 1 aromatic carbocycles. The van der Waals surface area contributed by atoms with Gasteiger partial charge in [-0.2, -0.15) is 0 Å². The van der Waals surface area contributed by atoms with Gasteiger partial charge < -0.3 is 21.5 Å². The largest absolute Gasteiger partial charge is 0.508 e. The molecule has 0 bridgehead atoms. The number of nitrogens with one attached hydrogen (secondary N) is 2. The lowest BCUT2D eigenvalue weighted by Crippen LogP contribution is -2.47. The fourth-order valence-electron chi connectivity index (χ4n) is 3.92. The van der Waals surface area contributed by atoms with Crippen LogP contribution in [-0.2, 0) is 16.8 Å². The molecule has 1 aromatic rings. The molecule has 1 saturated heterocycles. The molecule has 1 heterocycles. The first-order valence-corrected chi connectivity index (χ1v) is 8.60. The smallest absolute Gasteiger partial charge is 0.221 e. The number of phenolic OH excluding ortho intramolecular Hbond substituents is 1. The van der Waals surface area contributed by atoms with Crippen LogP contribution in [0.3, 0.4) is 0 Å². The number of aromatic hydroxyl groups is 1. The number of piperidine rings is 1. The molecule has 142 valence electrons. The van der Waals surface area contributed by atoms with Crippen molar-refractivity contribution >= 4 is 30.7 Å². The van der Waals surface area contributed by atoms with Crippen molar-refractivity contribution in [1.29, 1.82) is 0 Å². The monoisotopic (exact) mass is 389 g/mol. The van der Waals surface area contributed by atoms with Crippen LogP contribution >= 0.6 is 24.8 Å². The Morgan fingerprint density at radius 1 is 1.40 bits per heavy atom. The molecular weight excluding hydrogens is 361 g/mol. The molecule has 0 spiro atoms. The summed E-state index contributed by atoms with van der Waals surface area (Å²) in [5.41, 5.74) is 8.97. The minimum absolute atomic E-state index is 0. The molecule has 5 N–H and O–H groups in total. The van der Waals surface area contributed by atoms with E-state index in [4.69, 9.17) is 5.73 Å². The third-order valence-corrected chi connectivity index (χ3v) is 5.29. The maximum atomic E-state index is 12.2. The zero-order chi connectivity index (χ0) is 16.4. The van der Waals surface area contributed by atoms with Gasteiger partial charge in [0.2, 0.25) is 5.91 Å². The molecule has 7 heteroatoms. The second-order valence-electron chi connectivity index (χ2n) is 7.04. The molecule has 1 aliphatic heterocycles. The number of benzene rings is 1. The number of hydrogen-bond donors (Lipinski definition) is 4. The lowest BCUT2D eigenvalue weighted by atomic mass is 9.91. The van der Waals surface area contributed by atoms with Gasteiger partial charge in [0.25, 0.3) is 0 Å². The SMILES string of the molecule is Cc1ccc(O)c2c1CCC2(N)CNC(=O)CC1CCCCN1.Cl.Cl. The summed E-state index contributed by atoms with van der Waals surface area (Å²) in [6.45, 7) is 3.42. The van der Waals surface area contributed by atoms with Crippen molar-refractivity contribution in [3.8, 4) is 5.75 Å². The zero-order valence-corrected chi connectivity index (χ0v) is 16.3. The summed E-state index contributed by atoms with van der Waals surface area (Å²) in [5, 5.41) is 16.6. The number of carbonyl (C=O) groups excluding carboxylic acids is 1. The quantitative estimate of drug-likeness (QED) is 0.635. The van der Waals surface area contributed by atoms with Crippen LogP contribution in [0.25, 0.3) is 0 Å². The molecule has 5 nitrogen and oxygen atoms in total. The highest BCUT2D eigenvalue weighted by molar-refractivity contribution is 5.85. The van der Waals surface area contributed by atoms with Crippen LogP contribution in [-0.4, -0.2) is 30.1 Å². The fraction of sp³-hybridized carbons (Fsp3) is 0.611. The molecule has 1 fully saturated rings. The van der Waals surface area contributed by atoms with Gasteiger partial charge in [0.05, 0.1) is 5.54 Å². The van der Waals surface area contributed by atoms with Crippen LogP contribution in [0, 0.1) is 6.92 Å². The fourth-order valence-corrected chi connectivity index (χ4v) is 3.92. The van der Waals surface area contributed by atoms with Crippen molar-refractivity contribution in [3.63, 3.8) is 0 Å². The Hall–Kier alpha value is -1.01. The molecule has 2 atom stereocenters. The molecule has 0 radical (unpaired) electrons. The van der Waals surface area contributed by atoms with Crippen LogP contribution < -0.4 is 16.4 Å². The Labute approximate surface area is 162 Å². The van der Waals surface area contributed by atoms with Crippen LogP contribution in [0.15, 0.2) is 12.1 Å². The number of rotatable bonds is 4. The molecule has 25 heavy (non-hydrogen) atoms. The highest BCUT2D eigenvalue weighted by atomic mass is 35.5. The van der Waals surface area contributed by atoms with Crippen LogP contribution in [0.4, 0.5) is 0 Å². The highest BCUT2D eigenvalue weighted by Gasteiger charge is 2.38. The van der Waals surface area contributed by atoms with E-state index in [9.17, 15) is 9.90 Å². The van der Waals surface area contributed by atoms with Gasteiger partial charge in [0, 0.05) is 24.6 Å². The normalized spacial score (nSPS) is 24.6. The number of amides is 1. The maximum absolute atomic E-state index is 12.2. The summed E-state index contributed by atoms with van der Waals surface area (Å²) >= 11 is 0. The number of halogens is 2. The van der Waals surface area contributed by atoms with E-state index in [0.29, 0.717) is 13.0 Å². The molecule has 0 saturated carbocycles. The highest BCUT2D eigenvalue weighted by Crippen LogP contribution is 2.41. The summed E-state index contributed by atoms with van der Waals surface area (Å²) in [6.07, 6.45) is 5.55. The average Bonchev–Trinajstić information content (AvgIpc) is 2.90. The van der Waals surface area contributed by atoms with Crippen molar-refractivity contribution in [3.05, 3.63) is 28.8 Å². The van der Waals surface area contributed by atoms with E-state index in [0.717, 1.165) is 42.5 Å². The van der Waals surface area contributed by atoms with Crippen molar-refractivity contribution < 1.29 is 9.90 Å². The maximum Gasteiger partial charge on any atom is 0.221 e. The van der Waals surface area contributed by atoms with Gasteiger partial charge in [-0.1, -0.05) is 12.5 Å². The predicted octanol–water partition coefficient (Wildman–Crippen LogP) is 2.29. The average molecular weight is 390 g/mol. The van der Waals surface area contributed by atoms with E-state index >= 15 is 0 Å². The second-order valence-corrected chi connectivity index (χ2v) is 7.04. The Morgan fingerprint density at radius 3 is 2.84 bits per heavy atom. The Balaban J connectivity index is 0.00000156. The van der Waals surface area contributed by atoms with E-state index < -0.39 is 5.54 Å².